The van der Waals surface area contributed by atoms with E-state index in [-0.39, 0.29) is 11.9 Å². The van der Waals surface area contributed by atoms with Crippen molar-refractivity contribution in [1.29, 1.82) is 0 Å². The molecule has 2 unspecified atom stereocenters. The van der Waals surface area contributed by atoms with Crippen LogP contribution in [0.5, 0.6) is 0 Å². The fraction of sp³-hybridized carbons (Fsp3) is 0.529. The van der Waals surface area contributed by atoms with Gasteiger partial charge in [-0.15, -0.1) is 0 Å². The van der Waals surface area contributed by atoms with Crippen LogP contribution in [0.1, 0.15) is 32.3 Å². The Bertz CT molecular complexity index is 544. The SMILES string of the molecule is CCC(C)C(NC(=O)N1CCCc2ccccc21)C(=O)OC. The summed E-state index contributed by atoms with van der Waals surface area (Å²) in [5, 5.41) is 2.84. The standard InChI is InChI=1S/C17H24N2O3/c1-4-12(2)15(16(20)22-3)18-17(21)19-11-7-9-13-8-5-6-10-14(13)19/h5-6,8,10,12,15H,4,7,9,11H2,1-3H3,(H,18,21). The minimum Gasteiger partial charge on any atom is -0.467 e. The summed E-state index contributed by atoms with van der Waals surface area (Å²) >= 11 is 0. The largest absolute Gasteiger partial charge is 0.467 e. The molecule has 0 saturated carbocycles. The van der Waals surface area contributed by atoms with E-state index in [4.69, 9.17) is 4.74 Å². The van der Waals surface area contributed by atoms with Gasteiger partial charge in [-0.25, -0.2) is 9.59 Å². The van der Waals surface area contributed by atoms with E-state index >= 15 is 0 Å². The number of ether oxygens (including phenoxy) is 1. The number of methoxy groups -OCH3 is 1. The summed E-state index contributed by atoms with van der Waals surface area (Å²) in [4.78, 5) is 26.3. The van der Waals surface area contributed by atoms with Gasteiger partial charge in [0.1, 0.15) is 6.04 Å². The van der Waals surface area contributed by atoms with Crippen LogP contribution in [0.4, 0.5) is 10.5 Å². The Hall–Kier alpha value is -2.04. The number of hydrogen-bond acceptors (Lipinski definition) is 3. The third-order valence-corrected chi connectivity index (χ3v) is 4.30. The quantitative estimate of drug-likeness (QED) is 0.870. The Morgan fingerprint density at radius 1 is 1.36 bits per heavy atom. The second-order valence-corrected chi connectivity index (χ2v) is 5.72. The van der Waals surface area contributed by atoms with Gasteiger partial charge >= 0.3 is 12.0 Å². The summed E-state index contributed by atoms with van der Waals surface area (Å²) in [5.74, 6) is -0.371. The first kappa shape index (κ1) is 16.3. The van der Waals surface area contributed by atoms with Crippen molar-refractivity contribution >= 4 is 17.7 Å². The highest BCUT2D eigenvalue weighted by Gasteiger charge is 2.30. The molecule has 0 spiro atoms. The van der Waals surface area contributed by atoms with E-state index < -0.39 is 12.0 Å². The van der Waals surface area contributed by atoms with Gasteiger partial charge in [-0.2, -0.15) is 0 Å². The van der Waals surface area contributed by atoms with Crippen molar-refractivity contribution in [2.24, 2.45) is 5.92 Å². The topological polar surface area (TPSA) is 58.6 Å². The summed E-state index contributed by atoms with van der Waals surface area (Å²) in [6, 6.07) is 7.05. The summed E-state index contributed by atoms with van der Waals surface area (Å²) in [5.41, 5.74) is 2.10. The van der Waals surface area contributed by atoms with Gasteiger partial charge in [-0.3, -0.25) is 4.90 Å². The van der Waals surface area contributed by atoms with Crippen LogP contribution in [0.25, 0.3) is 0 Å². The molecular formula is C17H24N2O3. The van der Waals surface area contributed by atoms with Gasteiger partial charge in [-0.1, -0.05) is 38.5 Å². The lowest BCUT2D eigenvalue weighted by Gasteiger charge is -2.31. The predicted octanol–water partition coefficient (Wildman–Crippen LogP) is 2.74. The number of esters is 1. The second-order valence-electron chi connectivity index (χ2n) is 5.72. The molecule has 5 nitrogen and oxygen atoms in total. The zero-order chi connectivity index (χ0) is 16.1. The summed E-state index contributed by atoms with van der Waals surface area (Å²) < 4.78 is 4.82. The maximum absolute atomic E-state index is 12.6. The van der Waals surface area contributed by atoms with E-state index in [1.807, 2.05) is 38.1 Å². The number of rotatable bonds is 4. The fourth-order valence-corrected chi connectivity index (χ4v) is 2.75. The average Bonchev–Trinajstić information content (AvgIpc) is 2.57. The molecule has 2 atom stereocenters. The van der Waals surface area contributed by atoms with E-state index in [2.05, 4.69) is 5.32 Å². The van der Waals surface area contributed by atoms with Crippen LogP contribution in [-0.2, 0) is 16.0 Å². The second kappa shape index (κ2) is 7.29. The highest BCUT2D eigenvalue weighted by atomic mass is 16.5. The molecule has 5 heteroatoms. The maximum Gasteiger partial charge on any atom is 0.328 e. The van der Waals surface area contributed by atoms with Crippen molar-refractivity contribution < 1.29 is 14.3 Å². The summed E-state index contributed by atoms with van der Waals surface area (Å²) in [7, 11) is 1.35. The van der Waals surface area contributed by atoms with Crippen LogP contribution in [0.3, 0.4) is 0 Å². The zero-order valence-electron chi connectivity index (χ0n) is 13.5. The number of urea groups is 1. The highest BCUT2D eigenvalue weighted by Crippen LogP contribution is 2.26. The molecular weight excluding hydrogens is 280 g/mol. The summed E-state index contributed by atoms with van der Waals surface area (Å²) in [6.45, 7) is 4.59. The lowest BCUT2D eigenvalue weighted by atomic mass is 9.99. The monoisotopic (exact) mass is 304 g/mol. The number of amides is 2. The van der Waals surface area contributed by atoms with Crippen LogP contribution in [0.2, 0.25) is 0 Å². The number of anilines is 1. The lowest BCUT2D eigenvalue weighted by Crippen LogP contribution is -2.52. The molecule has 1 aromatic carbocycles. The Balaban J connectivity index is 2.16. The number of carbonyl (C=O) groups is 2. The number of carbonyl (C=O) groups excluding carboxylic acids is 2. The smallest absolute Gasteiger partial charge is 0.328 e. The third kappa shape index (κ3) is 3.40. The molecule has 1 aliphatic rings. The molecule has 2 amide bonds. The third-order valence-electron chi connectivity index (χ3n) is 4.30. The molecule has 0 fully saturated rings. The molecule has 2 rings (SSSR count). The number of benzene rings is 1. The van der Waals surface area contributed by atoms with E-state index in [9.17, 15) is 9.59 Å². The Labute approximate surface area is 131 Å². The molecule has 0 aromatic heterocycles. The number of aryl methyl sites for hydroxylation is 1. The molecule has 1 heterocycles. The molecule has 0 bridgehead atoms. The lowest BCUT2D eigenvalue weighted by molar-refractivity contribution is -0.144. The van der Waals surface area contributed by atoms with E-state index in [1.165, 1.54) is 12.7 Å². The number of fused-ring (bicyclic) bond motifs is 1. The molecule has 1 aliphatic heterocycles. The Morgan fingerprint density at radius 3 is 2.77 bits per heavy atom. The van der Waals surface area contributed by atoms with Gasteiger partial charge in [0.25, 0.3) is 0 Å². The van der Waals surface area contributed by atoms with Gasteiger partial charge in [0.05, 0.1) is 7.11 Å². The van der Waals surface area contributed by atoms with Gasteiger partial charge in [0, 0.05) is 12.2 Å². The van der Waals surface area contributed by atoms with Crippen molar-refractivity contribution in [1.82, 2.24) is 5.32 Å². The van der Waals surface area contributed by atoms with Crippen LogP contribution in [0.15, 0.2) is 24.3 Å². The van der Waals surface area contributed by atoms with Gasteiger partial charge in [0.15, 0.2) is 0 Å². The first-order chi connectivity index (χ1) is 10.6. The molecule has 1 N–H and O–H groups in total. The van der Waals surface area contributed by atoms with Crippen molar-refractivity contribution in [3.63, 3.8) is 0 Å². The Morgan fingerprint density at radius 2 is 2.09 bits per heavy atom. The van der Waals surface area contributed by atoms with Gasteiger partial charge in [-0.05, 0) is 30.4 Å². The molecule has 0 radical (unpaired) electrons. The van der Waals surface area contributed by atoms with Crippen LogP contribution < -0.4 is 10.2 Å². The highest BCUT2D eigenvalue weighted by molar-refractivity contribution is 5.95. The zero-order valence-corrected chi connectivity index (χ0v) is 13.5. The van der Waals surface area contributed by atoms with Crippen LogP contribution in [-0.4, -0.2) is 31.7 Å². The van der Waals surface area contributed by atoms with Crippen LogP contribution >= 0.6 is 0 Å². The number of nitrogens with one attached hydrogen (secondary N) is 1. The van der Waals surface area contributed by atoms with Crippen molar-refractivity contribution in [2.45, 2.75) is 39.2 Å². The molecule has 22 heavy (non-hydrogen) atoms. The average molecular weight is 304 g/mol. The molecule has 0 saturated heterocycles. The predicted molar refractivity (Wildman–Crippen MR) is 85.9 cm³/mol. The van der Waals surface area contributed by atoms with E-state index in [1.54, 1.807) is 4.90 Å². The van der Waals surface area contributed by atoms with Crippen LogP contribution in [0, 0.1) is 5.92 Å². The first-order valence-electron chi connectivity index (χ1n) is 7.82. The van der Waals surface area contributed by atoms with Crippen molar-refractivity contribution in [3.8, 4) is 0 Å². The minimum atomic E-state index is -0.614. The van der Waals surface area contributed by atoms with Crippen molar-refractivity contribution in [2.75, 3.05) is 18.6 Å². The van der Waals surface area contributed by atoms with Gasteiger partial charge in [0.2, 0.25) is 0 Å². The number of nitrogens with zero attached hydrogens (tertiary/aromatic N) is 1. The molecule has 1 aromatic rings. The summed E-state index contributed by atoms with van der Waals surface area (Å²) in [6.07, 6.45) is 2.69. The molecule has 120 valence electrons. The van der Waals surface area contributed by atoms with Crippen molar-refractivity contribution in [3.05, 3.63) is 29.8 Å². The van der Waals surface area contributed by atoms with E-state index in [0.717, 1.165) is 24.9 Å². The van der Waals surface area contributed by atoms with E-state index in [0.29, 0.717) is 6.54 Å². The molecule has 0 aliphatic carbocycles. The number of para-hydroxylation sites is 1. The Kier molecular flexibility index (Phi) is 5.41. The minimum absolute atomic E-state index is 0.0245. The van der Waals surface area contributed by atoms with Gasteiger partial charge < -0.3 is 10.1 Å². The first-order valence-corrected chi connectivity index (χ1v) is 7.82. The number of hydrogen-bond donors (Lipinski definition) is 1. The normalized spacial score (nSPS) is 16.4. The maximum atomic E-state index is 12.6. The fourth-order valence-electron chi connectivity index (χ4n) is 2.75.